The van der Waals surface area contributed by atoms with Gasteiger partial charge in [-0.1, -0.05) is 25.3 Å². The molecule has 0 spiro atoms. The number of carbonyl (C=O) groups excluding carboxylic acids is 3. The Morgan fingerprint density at radius 2 is 1.58 bits per heavy atom. The molecule has 0 radical (unpaired) electrons. The largest absolute Gasteiger partial charge is 0.328 e. The number of nitrogens with one attached hydrogen (secondary N) is 2. The van der Waals surface area contributed by atoms with E-state index in [0.29, 0.717) is 11.8 Å². The summed E-state index contributed by atoms with van der Waals surface area (Å²) in [7, 11) is 0. The van der Waals surface area contributed by atoms with Crippen molar-refractivity contribution >= 4 is 17.8 Å². The maximum Gasteiger partial charge on any atom is 0.328 e. The first kappa shape index (κ1) is 12.4. The van der Waals surface area contributed by atoms with Gasteiger partial charge in [0.25, 0.3) is 11.8 Å². The Hall–Kier alpha value is -1.65. The first-order valence-electron chi connectivity index (χ1n) is 7.03. The molecular formula is C14H18N2O3. The molecule has 3 fully saturated rings. The van der Waals surface area contributed by atoms with Crippen LogP contribution in [-0.4, -0.2) is 17.8 Å². The van der Waals surface area contributed by atoms with E-state index in [1.165, 1.54) is 32.1 Å². The minimum atomic E-state index is -0.728. The Kier molecular flexibility index (Phi) is 3.12. The first-order valence-corrected chi connectivity index (χ1v) is 7.03. The van der Waals surface area contributed by atoms with Gasteiger partial charge in [-0.3, -0.25) is 20.2 Å². The molecule has 0 aromatic heterocycles. The summed E-state index contributed by atoms with van der Waals surface area (Å²) in [5, 5.41) is 4.26. The van der Waals surface area contributed by atoms with Crippen LogP contribution in [0.4, 0.5) is 4.79 Å². The molecule has 2 aliphatic carbocycles. The molecule has 0 bridgehead atoms. The second-order valence-electron chi connectivity index (χ2n) is 5.77. The van der Waals surface area contributed by atoms with Crippen LogP contribution in [0.3, 0.4) is 0 Å². The highest BCUT2D eigenvalue weighted by molar-refractivity contribution is 6.28. The van der Waals surface area contributed by atoms with Crippen molar-refractivity contribution in [2.75, 3.05) is 0 Å². The number of barbiturate groups is 1. The molecular weight excluding hydrogens is 244 g/mol. The Morgan fingerprint density at radius 1 is 0.895 bits per heavy atom. The molecule has 3 rings (SSSR count). The van der Waals surface area contributed by atoms with Crippen LogP contribution in [-0.2, 0) is 9.59 Å². The van der Waals surface area contributed by atoms with E-state index >= 15 is 0 Å². The molecule has 0 aromatic rings. The van der Waals surface area contributed by atoms with E-state index in [4.69, 9.17) is 0 Å². The zero-order chi connectivity index (χ0) is 13.4. The van der Waals surface area contributed by atoms with Crippen molar-refractivity contribution in [3.05, 3.63) is 11.6 Å². The van der Waals surface area contributed by atoms with Crippen LogP contribution >= 0.6 is 0 Å². The fourth-order valence-electron chi connectivity index (χ4n) is 3.83. The fourth-order valence-corrected chi connectivity index (χ4v) is 3.83. The second-order valence-corrected chi connectivity index (χ2v) is 5.77. The minimum Gasteiger partial charge on any atom is -0.273 e. The van der Waals surface area contributed by atoms with E-state index < -0.39 is 17.8 Å². The van der Waals surface area contributed by atoms with Gasteiger partial charge in [-0.15, -0.1) is 0 Å². The molecule has 19 heavy (non-hydrogen) atoms. The molecule has 2 saturated carbocycles. The number of amides is 4. The molecule has 3 aliphatic rings. The van der Waals surface area contributed by atoms with Gasteiger partial charge in [-0.25, -0.2) is 4.79 Å². The van der Waals surface area contributed by atoms with Crippen molar-refractivity contribution in [2.24, 2.45) is 17.8 Å². The highest BCUT2D eigenvalue weighted by atomic mass is 16.2. The van der Waals surface area contributed by atoms with Crippen LogP contribution in [0.5, 0.6) is 0 Å². The summed E-state index contributed by atoms with van der Waals surface area (Å²) in [4.78, 5) is 34.4. The Labute approximate surface area is 111 Å². The van der Waals surface area contributed by atoms with Crippen molar-refractivity contribution in [2.45, 2.75) is 38.5 Å². The summed E-state index contributed by atoms with van der Waals surface area (Å²) in [6, 6.07) is -0.728. The molecule has 102 valence electrons. The Bertz CT molecular complexity index is 447. The number of rotatable bonds is 1. The topological polar surface area (TPSA) is 75.3 Å². The van der Waals surface area contributed by atoms with Gasteiger partial charge >= 0.3 is 6.03 Å². The van der Waals surface area contributed by atoms with Gasteiger partial charge in [0.2, 0.25) is 0 Å². The monoisotopic (exact) mass is 262 g/mol. The van der Waals surface area contributed by atoms with Crippen LogP contribution in [0.1, 0.15) is 38.5 Å². The van der Waals surface area contributed by atoms with E-state index in [1.807, 2.05) is 0 Å². The summed E-state index contributed by atoms with van der Waals surface area (Å²) >= 11 is 0. The summed E-state index contributed by atoms with van der Waals surface area (Å²) in [6.07, 6.45) is 9.07. The fraction of sp³-hybridized carbons (Fsp3) is 0.643. The van der Waals surface area contributed by atoms with Crippen LogP contribution in [0.25, 0.3) is 0 Å². The van der Waals surface area contributed by atoms with Gasteiger partial charge in [-0.2, -0.15) is 0 Å². The van der Waals surface area contributed by atoms with Gasteiger partial charge < -0.3 is 0 Å². The summed E-state index contributed by atoms with van der Waals surface area (Å²) < 4.78 is 0. The Morgan fingerprint density at radius 3 is 2.32 bits per heavy atom. The summed E-state index contributed by atoms with van der Waals surface area (Å²) in [5.41, 5.74) is 0.107. The van der Waals surface area contributed by atoms with Gasteiger partial charge in [0.05, 0.1) is 0 Å². The SMILES string of the molecule is O=C1NC(=O)C(=CC2CCC3CCCCC23)C(=O)N1. The van der Waals surface area contributed by atoms with Crippen LogP contribution in [0.2, 0.25) is 0 Å². The lowest BCUT2D eigenvalue weighted by atomic mass is 9.77. The second kappa shape index (κ2) is 4.79. The van der Waals surface area contributed by atoms with Crippen molar-refractivity contribution in [1.82, 2.24) is 10.6 Å². The molecule has 4 amide bonds. The van der Waals surface area contributed by atoms with Crippen LogP contribution < -0.4 is 10.6 Å². The third-order valence-electron chi connectivity index (χ3n) is 4.71. The molecule has 0 aromatic carbocycles. The minimum absolute atomic E-state index is 0.107. The summed E-state index contributed by atoms with van der Waals surface area (Å²) in [5.74, 6) is 0.553. The lowest BCUT2D eigenvalue weighted by Crippen LogP contribution is -2.51. The molecule has 3 unspecified atom stereocenters. The number of fused-ring (bicyclic) bond motifs is 1. The van der Waals surface area contributed by atoms with Gasteiger partial charge in [0, 0.05) is 0 Å². The highest BCUT2D eigenvalue weighted by Crippen LogP contribution is 2.46. The van der Waals surface area contributed by atoms with Crippen LogP contribution in [0.15, 0.2) is 11.6 Å². The highest BCUT2D eigenvalue weighted by Gasteiger charge is 2.38. The van der Waals surface area contributed by atoms with Gasteiger partial charge in [0.15, 0.2) is 0 Å². The summed E-state index contributed by atoms with van der Waals surface area (Å²) in [6.45, 7) is 0. The zero-order valence-electron chi connectivity index (χ0n) is 10.8. The van der Waals surface area contributed by atoms with Crippen LogP contribution in [0, 0.1) is 17.8 Å². The Balaban J connectivity index is 1.79. The van der Waals surface area contributed by atoms with Crippen molar-refractivity contribution in [1.29, 1.82) is 0 Å². The molecule has 1 saturated heterocycles. The predicted molar refractivity (Wildman–Crippen MR) is 67.9 cm³/mol. The average molecular weight is 262 g/mol. The van der Waals surface area contributed by atoms with E-state index in [2.05, 4.69) is 10.6 Å². The maximum atomic E-state index is 11.7. The van der Waals surface area contributed by atoms with E-state index in [0.717, 1.165) is 12.3 Å². The normalized spacial score (nSPS) is 34.6. The molecule has 5 nitrogen and oxygen atoms in total. The molecule has 5 heteroatoms. The first-order chi connectivity index (χ1) is 9.15. The number of hydrogen-bond donors (Lipinski definition) is 2. The van der Waals surface area contributed by atoms with Crippen molar-refractivity contribution in [3.8, 4) is 0 Å². The zero-order valence-corrected chi connectivity index (χ0v) is 10.8. The third kappa shape index (κ3) is 2.29. The van der Waals surface area contributed by atoms with E-state index in [-0.39, 0.29) is 5.57 Å². The number of urea groups is 1. The average Bonchev–Trinajstić information content (AvgIpc) is 2.77. The number of allylic oxidation sites excluding steroid dienone is 1. The molecule has 2 N–H and O–H groups in total. The van der Waals surface area contributed by atoms with Crippen molar-refractivity contribution in [3.63, 3.8) is 0 Å². The van der Waals surface area contributed by atoms with Crippen molar-refractivity contribution < 1.29 is 14.4 Å². The maximum absolute atomic E-state index is 11.7. The number of imide groups is 2. The number of carbonyl (C=O) groups is 3. The third-order valence-corrected chi connectivity index (χ3v) is 4.71. The quantitative estimate of drug-likeness (QED) is 0.555. The number of hydrogen-bond acceptors (Lipinski definition) is 3. The lowest BCUT2D eigenvalue weighted by molar-refractivity contribution is -0.124. The predicted octanol–water partition coefficient (Wildman–Crippen LogP) is 1.50. The van der Waals surface area contributed by atoms with Gasteiger partial charge in [-0.05, 0) is 37.0 Å². The molecule has 1 heterocycles. The molecule has 1 aliphatic heterocycles. The standard InChI is InChI=1S/C14H18N2O3/c17-12-11(13(18)16-14(19)15-12)7-9-6-5-8-3-1-2-4-10(8)9/h7-10H,1-6H2,(H2,15,16,17,18,19). The van der Waals surface area contributed by atoms with E-state index in [1.54, 1.807) is 6.08 Å². The van der Waals surface area contributed by atoms with E-state index in [9.17, 15) is 14.4 Å². The lowest BCUT2D eigenvalue weighted by Gasteiger charge is -2.28. The van der Waals surface area contributed by atoms with Gasteiger partial charge in [0.1, 0.15) is 5.57 Å². The smallest absolute Gasteiger partial charge is 0.273 e. The molecule has 3 atom stereocenters.